The van der Waals surface area contributed by atoms with E-state index in [0.29, 0.717) is 29.5 Å². The van der Waals surface area contributed by atoms with E-state index in [-0.39, 0.29) is 17.2 Å². The molecule has 0 radical (unpaired) electrons. The summed E-state index contributed by atoms with van der Waals surface area (Å²) in [6.45, 7) is 8.87. The van der Waals surface area contributed by atoms with Gasteiger partial charge in [-0.15, -0.1) is 11.3 Å². The van der Waals surface area contributed by atoms with Crippen LogP contribution in [0.4, 0.5) is 11.5 Å². The van der Waals surface area contributed by atoms with Crippen molar-refractivity contribution < 1.29 is 9.59 Å². The number of allylic oxidation sites excluding steroid dienone is 3. The first-order chi connectivity index (χ1) is 13.7. The summed E-state index contributed by atoms with van der Waals surface area (Å²) in [6, 6.07) is 3.37. The summed E-state index contributed by atoms with van der Waals surface area (Å²) in [6.07, 6.45) is 7.04. The second-order valence-electron chi connectivity index (χ2n) is 8.29. The number of carbonyl (C=O) groups excluding carboxylic acids is 2. The van der Waals surface area contributed by atoms with Crippen molar-refractivity contribution >= 4 is 34.7 Å². The molecule has 0 aliphatic heterocycles. The van der Waals surface area contributed by atoms with Gasteiger partial charge in [-0.25, -0.2) is 9.97 Å². The van der Waals surface area contributed by atoms with Crippen LogP contribution >= 0.6 is 11.3 Å². The smallest absolute Gasteiger partial charge is 0.276 e. The van der Waals surface area contributed by atoms with Gasteiger partial charge in [-0.2, -0.15) is 0 Å². The van der Waals surface area contributed by atoms with Gasteiger partial charge in [0.15, 0.2) is 0 Å². The van der Waals surface area contributed by atoms with Crippen molar-refractivity contribution in [3.63, 3.8) is 0 Å². The van der Waals surface area contributed by atoms with Gasteiger partial charge in [-0.05, 0) is 29.9 Å². The van der Waals surface area contributed by atoms with E-state index >= 15 is 0 Å². The molecule has 1 atom stereocenters. The van der Waals surface area contributed by atoms with E-state index in [1.807, 2.05) is 0 Å². The van der Waals surface area contributed by atoms with E-state index in [9.17, 15) is 9.59 Å². The molecule has 0 spiro atoms. The lowest BCUT2D eigenvalue weighted by molar-refractivity contribution is -0.115. The number of nitrogens with zero attached hydrogens (tertiary/aromatic N) is 2. The normalized spacial score (nSPS) is 16.6. The number of pyridine rings is 1. The first-order valence-electron chi connectivity index (χ1n) is 9.58. The first-order valence-corrected chi connectivity index (χ1v) is 10.5. The molecular weight excluding hydrogens is 384 g/mol. The van der Waals surface area contributed by atoms with Crippen LogP contribution in [0.3, 0.4) is 0 Å². The van der Waals surface area contributed by atoms with Gasteiger partial charge in [0.05, 0.1) is 17.4 Å². The predicted molar refractivity (Wildman–Crippen MR) is 117 cm³/mol. The molecular formula is C22H26N4O2S. The van der Waals surface area contributed by atoms with Crippen LogP contribution < -0.4 is 10.6 Å². The number of hydrogen-bond acceptors (Lipinski definition) is 5. The summed E-state index contributed by atoms with van der Waals surface area (Å²) in [5, 5.41) is 7.22. The highest BCUT2D eigenvalue weighted by Crippen LogP contribution is 2.37. The lowest BCUT2D eigenvalue weighted by atomic mass is 9.74. The number of hydrogen-bond donors (Lipinski definition) is 2. The van der Waals surface area contributed by atoms with Gasteiger partial charge < -0.3 is 10.6 Å². The number of rotatable bonds is 5. The summed E-state index contributed by atoms with van der Waals surface area (Å²) in [5.41, 5.74) is 5.24. The number of anilines is 2. The number of thiazole rings is 1. The predicted octanol–water partition coefficient (Wildman–Crippen LogP) is 5.06. The summed E-state index contributed by atoms with van der Waals surface area (Å²) in [5.74, 6) is 0.462. The van der Waals surface area contributed by atoms with Gasteiger partial charge in [0, 0.05) is 11.8 Å². The maximum Gasteiger partial charge on any atom is 0.276 e. The SMILES string of the molecule is CC1CC(CC(=O)Nc2ccc(NC(=O)c3cscn3)nc2)=CC=C1C(C)(C)C. The summed E-state index contributed by atoms with van der Waals surface area (Å²) in [4.78, 5) is 32.5. The Hall–Kier alpha value is -2.80. The van der Waals surface area contributed by atoms with Gasteiger partial charge in [0.1, 0.15) is 11.5 Å². The zero-order valence-corrected chi connectivity index (χ0v) is 18.0. The third-order valence-corrected chi connectivity index (χ3v) is 5.39. The van der Waals surface area contributed by atoms with E-state index in [1.165, 1.54) is 23.1 Å². The largest absolute Gasteiger partial charge is 0.324 e. The van der Waals surface area contributed by atoms with Crippen LogP contribution in [-0.2, 0) is 4.79 Å². The van der Waals surface area contributed by atoms with E-state index < -0.39 is 0 Å². The van der Waals surface area contributed by atoms with Crippen molar-refractivity contribution in [2.45, 2.75) is 40.5 Å². The fourth-order valence-corrected chi connectivity index (χ4v) is 4.05. The summed E-state index contributed by atoms with van der Waals surface area (Å²) in [7, 11) is 0. The van der Waals surface area contributed by atoms with Crippen LogP contribution in [0.2, 0.25) is 0 Å². The molecule has 3 rings (SSSR count). The Morgan fingerprint density at radius 1 is 1.17 bits per heavy atom. The van der Waals surface area contributed by atoms with E-state index in [4.69, 9.17) is 0 Å². The molecule has 29 heavy (non-hydrogen) atoms. The monoisotopic (exact) mass is 410 g/mol. The van der Waals surface area contributed by atoms with Crippen LogP contribution in [-0.4, -0.2) is 21.8 Å². The molecule has 0 saturated carbocycles. The molecule has 2 aromatic rings. The Morgan fingerprint density at radius 2 is 1.97 bits per heavy atom. The standard InChI is InChI=1S/C22H26N4O2S/c1-14-9-15(5-7-17(14)22(2,3)4)10-20(27)25-16-6-8-19(23-11-16)26-21(28)18-12-29-13-24-18/h5-8,11-14H,9-10H2,1-4H3,(H,25,27)(H,23,26,28). The van der Waals surface area contributed by atoms with E-state index in [1.54, 1.807) is 23.0 Å². The lowest BCUT2D eigenvalue weighted by Crippen LogP contribution is -2.20. The molecule has 1 aliphatic rings. The van der Waals surface area contributed by atoms with Crippen LogP contribution in [0.25, 0.3) is 0 Å². The van der Waals surface area contributed by atoms with Crippen molar-refractivity contribution in [3.8, 4) is 0 Å². The van der Waals surface area contributed by atoms with Crippen LogP contribution in [0.5, 0.6) is 0 Å². The number of nitrogens with one attached hydrogen (secondary N) is 2. The molecule has 2 N–H and O–H groups in total. The molecule has 6 nitrogen and oxygen atoms in total. The highest BCUT2D eigenvalue weighted by Gasteiger charge is 2.25. The minimum absolute atomic E-state index is 0.0721. The fraction of sp³-hybridized carbons (Fsp3) is 0.364. The Morgan fingerprint density at radius 3 is 2.55 bits per heavy atom. The van der Waals surface area contributed by atoms with Gasteiger partial charge in [-0.1, -0.05) is 51.0 Å². The average Bonchev–Trinajstić information content (AvgIpc) is 3.17. The minimum atomic E-state index is -0.309. The minimum Gasteiger partial charge on any atom is -0.324 e. The van der Waals surface area contributed by atoms with Crippen molar-refractivity contribution in [1.82, 2.24) is 9.97 Å². The summed E-state index contributed by atoms with van der Waals surface area (Å²) < 4.78 is 0. The molecule has 2 amide bonds. The lowest BCUT2D eigenvalue weighted by Gasteiger charge is -2.31. The number of aromatic nitrogens is 2. The van der Waals surface area contributed by atoms with E-state index in [2.05, 4.69) is 60.4 Å². The molecule has 152 valence electrons. The zero-order chi connectivity index (χ0) is 21.0. The summed E-state index contributed by atoms with van der Waals surface area (Å²) >= 11 is 1.36. The van der Waals surface area contributed by atoms with Crippen molar-refractivity contribution in [2.24, 2.45) is 11.3 Å². The maximum atomic E-state index is 12.4. The highest BCUT2D eigenvalue weighted by molar-refractivity contribution is 7.07. The Balaban J connectivity index is 1.55. The molecule has 2 heterocycles. The number of amides is 2. The molecule has 7 heteroatoms. The third kappa shape index (κ3) is 5.60. The van der Waals surface area contributed by atoms with Crippen LogP contribution in [0, 0.1) is 11.3 Å². The zero-order valence-electron chi connectivity index (χ0n) is 17.2. The quantitative estimate of drug-likeness (QED) is 0.722. The Bertz CT molecular complexity index is 938. The molecule has 0 fully saturated rings. The average molecular weight is 411 g/mol. The molecule has 0 bridgehead atoms. The van der Waals surface area contributed by atoms with Gasteiger partial charge >= 0.3 is 0 Å². The van der Waals surface area contributed by atoms with Gasteiger partial charge in [0.25, 0.3) is 5.91 Å². The van der Waals surface area contributed by atoms with E-state index in [0.717, 1.165) is 12.0 Å². The number of carbonyl (C=O) groups is 2. The van der Waals surface area contributed by atoms with Crippen molar-refractivity contribution in [1.29, 1.82) is 0 Å². The third-order valence-electron chi connectivity index (χ3n) is 4.81. The van der Waals surface area contributed by atoms with Crippen LogP contribution in [0.15, 0.2) is 52.5 Å². The van der Waals surface area contributed by atoms with Gasteiger partial charge in [0.2, 0.25) is 5.91 Å². The van der Waals surface area contributed by atoms with Crippen LogP contribution in [0.1, 0.15) is 51.0 Å². The fourth-order valence-electron chi connectivity index (χ4n) is 3.52. The highest BCUT2D eigenvalue weighted by atomic mass is 32.1. The molecule has 0 aromatic carbocycles. The molecule has 2 aromatic heterocycles. The Kier molecular flexibility index (Phi) is 6.27. The molecule has 0 saturated heterocycles. The first kappa shape index (κ1) is 20.9. The Labute approximate surface area is 175 Å². The van der Waals surface area contributed by atoms with Crippen molar-refractivity contribution in [3.05, 3.63) is 58.2 Å². The second-order valence-corrected chi connectivity index (χ2v) is 9.01. The molecule has 1 aliphatic carbocycles. The molecule has 1 unspecified atom stereocenters. The maximum absolute atomic E-state index is 12.4. The van der Waals surface area contributed by atoms with Gasteiger partial charge in [-0.3, -0.25) is 9.59 Å². The topological polar surface area (TPSA) is 84.0 Å². The second kappa shape index (κ2) is 8.69. The van der Waals surface area contributed by atoms with Crippen molar-refractivity contribution in [2.75, 3.05) is 10.6 Å².